The van der Waals surface area contributed by atoms with Crippen LogP contribution in [0.15, 0.2) is 29.3 Å². The van der Waals surface area contributed by atoms with E-state index in [2.05, 4.69) is 4.72 Å². The molecule has 5 nitrogen and oxygen atoms in total. The van der Waals surface area contributed by atoms with Crippen LogP contribution in [-0.2, 0) is 29.7 Å². The minimum Gasteiger partial charge on any atom is -0.349 e. The lowest BCUT2D eigenvalue weighted by atomic mass is 10.4. The van der Waals surface area contributed by atoms with E-state index in [0.29, 0.717) is 13.1 Å². The van der Waals surface area contributed by atoms with Crippen molar-refractivity contribution < 1.29 is 8.42 Å². The summed E-state index contributed by atoms with van der Waals surface area (Å²) in [5, 5.41) is 0. The van der Waals surface area contributed by atoms with Gasteiger partial charge in [-0.05, 0) is 31.5 Å². The lowest BCUT2D eigenvalue weighted by molar-refractivity contribution is 0.581. The van der Waals surface area contributed by atoms with Gasteiger partial charge >= 0.3 is 0 Å². The number of aromatic nitrogens is 1. The van der Waals surface area contributed by atoms with E-state index in [1.165, 1.54) is 4.88 Å². The maximum Gasteiger partial charge on any atom is 0.242 e. The highest BCUT2D eigenvalue weighted by Gasteiger charge is 2.18. The molecule has 0 amide bonds. The third-order valence-corrected chi connectivity index (χ3v) is 5.55. The molecule has 3 N–H and O–H groups in total. The number of thiophene rings is 1. The summed E-state index contributed by atoms with van der Waals surface area (Å²) in [6.45, 7) is 5.47. The Labute approximate surface area is 129 Å². The van der Waals surface area contributed by atoms with E-state index < -0.39 is 10.0 Å². The zero-order valence-electron chi connectivity index (χ0n) is 12.3. The molecule has 0 aliphatic rings. The first kappa shape index (κ1) is 16.2. The van der Waals surface area contributed by atoms with E-state index in [0.717, 1.165) is 23.5 Å². The number of nitrogens with one attached hydrogen (secondary N) is 1. The van der Waals surface area contributed by atoms with Crippen molar-refractivity contribution in [2.45, 2.75) is 44.8 Å². The largest absolute Gasteiger partial charge is 0.349 e. The van der Waals surface area contributed by atoms with Gasteiger partial charge in [0.25, 0.3) is 0 Å². The van der Waals surface area contributed by atoms with E-state index in [1.54, 1.807) is 23.6 Å². The van der Waals surface area contributed by atoms with E-state index >= 15 is 0 Å². The van der Waals surface area contributed by atoms with Gasteiger partial charge in [-0.1, -0.05) is 6.92 Å². The van der Waals surface area contributed by atoms with Gasteiger partial charge in [-0.15, -0.1) is 11.3 Å². The number of rotatable bonds is 7. The summed E-state index contributed by atoms with van der Waals surface area (Å²) in [7, 11) is -3.50. The van der Waals surface area contributed by atoms with Crippen molar-refractivity contribution >= 4 is 21.4 Å². The molecular weight excluding hydrogens is 306 g/mol. The molecule has 0 spiro atoms. The van der Waals surface area contributed by atoms with Gasteiger partial charge in [0, 0.05) is 41.3 Å². The Balaban J connectivity index is 2.15. The smallest absolute Gasteiger partial charge is 0.242 e. The highest BCUT2D eigenvalue weighted by atomic mass is 32.2. The summed E-state index contributed by atoms with van der Waals surface area (Å²) in [4.78, 5) is 2.46. The Morgan fingerprint density at radius 3 is 2.71 bits per heavy atom. The zero-order valence-corrected chi connectivity index (χ0v) is 13.9. The predicted octanol–water partition coefficient (Wildman–Crippen LogP) is 2.21. The number of hydrogen-bond donors (Lipinski definition) is 2. The molecular formula is C14H21N3O2S2. The van der Waals surface area contributed by atoms with E-state index in [4.69, 9.17) is 5.73 Å². The molecule has 21 heavy (non-hydrogen) atoms. The standard InChI is InChI=1S/C14H21N3O2S2/c1-3-6-17-10-14(7-12(17)8-15)21(18,19)16-9-13-5-4-11(2)20-13/h4-5,7,10,16H,3,6,8-9,15H2,1-2H3. The van der Waals surface area contributed by atoms with Crippen LogP contribution in [0.1, 0.15) is 28.8 Å². The highest BCUT2D eigenvalue weighted by molar-refractivity contribution is 7.89. The van der Waals surface area contributed by atoms with Gasteiger partial charge in [0.1, 0.15) is 0 Å². The molecule has 0 aromatic carbocycles. The fourth-order valence-electron chi connectivity index (χ4n) is 2.12. The van der Waals surface area contributed by atoms with Crippen LogP contribution in [0.5, 0.6) is 0 Å². The molecule has 0 bridgehead atoms. The molecule has 0 aliphatic carbocycles. The molecule has 2 aromatic rings. The van der Waals surface area contributed by atoms with Crippen LogP contribution >= 0.6 is 11.3 Å². The van der Waals surface area contributed by atoms with Crippen molar-refractivity contribution in [3.63, 3.8) is 0 Å². The molecule has 116 valence electrons. The van der Waals surface area contributed by atoms with Crippen LogP contribution in [0.25, 0.3) is 0 Å². The fraction of sp³-hybridized carbons (Fsp3) is 0.429. The summed E-state index contributed by atoms with van der Waals surface area (Å²) in [6, 6.07) is 5.58. The van der Waals surface area contributed by atoms with Gasteiger partial charge < -0.3 is 10.3 Å². The lowest BCUT2D eigenvalue weighted by Gasteiger charge is -2.04. The molecule has 0 aliphatic heterocycles. The maximum atomic E-state index is 12.3. The van der Waals surface area contributed by atoms with Crippen LogP contribution in [0.2, 0.25) is 0 Å². The number of sulfonamides is 1. The van der Waals surface area contributed by atoms with Crippen molar-refractivity contribution in [2.24, 2.45) is 5.73 Å². The fourth-order valence-corrected chi connectivity index (χ4v) is 4.11. The summed E-state index contributed by atoms with van der Waals surface area (Å²) >= 11 is 1.59. The first-order valence-corrected chi connectivity index (χ1v) is 9.20. The third kappa shape index (κ3) is 3.94. The van der Waals surface area contributed by atoms with E-state index in [1.807, 2.05) is 30.5 Å². The van der Waals surface area contributed by atoms with Crippen molar-refractivity contribution in [3.05, 3.63) is 39.8 Å². The Morgan fingerprint density at radius 2 is 2.14 bits per heavy atom. The molecule has 2 heterocycles. The van der Waals surface area contributed by atoms with Gasteiger partial charge in [0.2, 0.25) is 10.0 Å². The second-order valence-electron chi connectivity index (χ2n) is 4.90. The van der Waals surface area contributed by atoms with Crippen LogP contribution in [-0.4, -0.2) is 13.0 Å². The first-order valence-electron chi connectivity index (χ1n) is 6.90. The second kappa shape index (κ2) is 6.74. The van der Waals surface area contributed by atoms with E-state index in [-0.39, 0.29) is 4.90 Å². The van der Waals surface area contributed by atoms with Crippen molar-refractivity contribution in [2.75, 3.05) is 0 Å². The SMILES string of the molecule is CCCn1cc(S(=O)(=O)NCc2ccc(C)s2)cc1CN. The first-order chi connectivity index (χ1) is 9.96. The Hall–Kier alpha value is -1.15. The van der Waals surface area contributed by atoms with Crippen LogP contribution in [0.4, 0.5) is 0 Å². The van der Waals surface area contributed by atoms with Gasteiger partial charge in [0.15, 0.2) is 0 Å². The number of nitrogens with zero attached hydrogens (tertiary/aromatic N) is 1. The Kier molecular flexibility index (Phi) is 5.21. The molecule has 7 heteroatoms. The maximum absolute atomic E-state index is 12.3. The van der Waals surface area contributed by atoms with Crippen LogP contribution in [0.3, 0.4) is 0 Å². The normalized spacial score (nSPS) is 12.0. The average molecular weight is 327 g/mol. The quantitative estimate of drug-likeness (QED) is 0.818. The van der Waals surface area contributed by atoms with Crippen LogP contribution in [0, 0.1) is 6.92 Å². The minimum atomic E-state index is -3.50. The third-order valence-electron chi connectivity index (χ3n) is 3.18. The molecule has 2 aromatic heterocycles. The monoisotopic (exact) mass is 327 g/mol. The van der Waals surface area contributed by atoms with Gasteiger partial charge in [0.05, 0.1) is 4.90 Å². The number of nitrogens with two attached hydrogens (primary N) is 1. The van der Waals surface area contributed by atoms with Crippen molar-refractivity contribution in [1.82, 2.24) is 9.29 Å². The summed E-state index contributed by atoms with van der Waals surface area (Å²) in [6.07, 6.45) is 2.59. The highest BCUT2D eigenvalue weighted by Crippen LogP contribution is 2.18. The number of hydrogen-bond acceptors (Lipinski definition) is 4. The minimum absolute atomic E-state index is 0.282. The molecule has 0 atom stereocenters. The predicted molar refractivity (Wildman–Crippen MR) is 85.7 cm³/mol. The zero-order chi connectivity index (χ0) is 15.5. The summed E-state index contributed by atoms with van der Waals surface area (Å²) in [5.41, 5.74) is 6.51. The second-order valence-corrected chi connectivity index (χ2v) is 8.04. The molecule has 0 saturated heterocycles. The van der Waals surface area contributed by atoms with Gasteiger partial charge in [-0.3, -0.25) is 0 Å². The lowest BCUT2D eigenvalue weighted by Crippen LogP contribution is -2.22. The Bertz CT molecular complexity index is 702. The molecule has 0 saturated carbocycles. The molecule has 0 radical (unpaired) electrons. The Morgan fingerprint density at radius 1 is 1.38 bits per heavy atom. The average Bonchev–Trinajstić information content (AvgIpc) is 3.04. The number of aryl methyl sites for hydroxylation is 2. The van der Waals surface area contributed by atoms with Crippen LogP contribution < -0.4 is 10.5 Å². The molecule has 0 unspecified atom stereocenters. The molecule has 0 fully saturated rings. The van der Waals surface area contributed by atoms with Gasteiger partial charge in [-0.2, -0.15) is 0 Å². The van der Waals surface area contributed by atoms with E-state index in [9.17, 15) is 8.42 Å². The van der Waals surface area contributed by atoms with Gasteiger partial charge in [-0.25, -0.2) is 13.1 Å². The summed E-state index contributed by atoms with van der Waals surface area (Å²) in [5.74, 6) is 0. The van der Waals surface area contributed by atoms with Crippen molar-refractivity contribution in [1.29, 1.82) is 0 Å². The topological polar surface area (TPSA) is 77.1 Å². The summed E-state index contributed by atoms with van der Waals surface area (Å²) < 4.78 is 29.2. The molecule has 2 rings (SSSR count). The van der Waals surface area contributed by atoms with Crippen molar-refractivity contribution in [3.8, 4) is 0 Å².